The molecule has 1 aliphatic rings. The van der Waals surface area contributed by atoms with E-state index >= 15 is 0 Å². The molecular formula is C20H22FN3O2S. The van der Waals surface area contributed by atoms with Crippen LogP contribution in [0.4, 0.5) is 4.39 Å². The Balaban J connectivity index is 1.64. The molecule has 1 heterocycles. The number of hydrogen-bond acceptors (Lipinski definition) is 4. The second-order valence-electron chi connectivity index (χ2n) is 6.76. The highest BCUT2D eigenvalue weighted by atomic mass is 32.2. The molecular weight excluding hydrogens is 365 g/mol. The fourth-order valence-electron chi connectivity index (χ4n) is 3.24. The molecule has 1 atom stereocenters. The summed E-state index contributed by atoms with van der Waals surface area (Å²) < 4.78 is 39.7. The molecule has 0 spiro atoms. The lowest BCUT2D eigenvalue weighted by atomic mass is 10.0. The molecule has 0 bridgehead atoms. The van der Waals surface area contributed by atoms with Crippen LogP contribution >= 0.6 is 0 Å². The Morgan fingerprint density at radius 3 is 2.19 bits per heavy atom. The average molecular weight is 387 g/mol. The van der Waals surface area contributed by atoms with Gasteiger partial charge in [0.25, 0.3) is 0 Å². The minimum absolute atomic E-state index is 0.146. The van der Waals surface area contributed by atoms with Gasteiger partial charge < -0.3 is 0 Å². The van der Waals surface area contributed by atoms with E-state index in [0.717, 1.165) is 11.1 Å². The molecule has 0 aromatic heterocycles. The van der Waals surface area contributed by atoms with Gasteiger partial charge >= 0.3 is 0 Å². The molecule has 0 N–H and O–H groups in total. The highest BCUT2D eigenvalue weighted by Crippen LogP contribution is 2.23. The maximum absolute atomic E-state index is 13.0. The minimum atomic E-state index is -3.47. The van der Waals surface area contributed by atoms with Crippen molar-refractivity contribution in [3.05, 3.63) is 71.0 Å². The fraction of sp³-hybridized carbons (Fsp3) is 0.350. The number of nitriles is 1. The van der Waals surface area contributed by atoms with E-state index in [2.05, 4.69) is 6.07 Å². The second kappa shape index (κ2) is 8.17. The smallest absolute Gasteiger partial charge is 0.218 e. The summed E-state index contributed by atoms with van der Waals surface area (Å²) in [7, 11) is -3.47. The third-order valence-electron chi connectivity index (χ3n) is 4.81. The Morgan fingerprint density at radius 2 is 1.63 bits per heavy atom. The van der Waals surface area contributed by atoms with Crippen molar-refractivity contribution in [1.82, 2.24) is 9.21 Å². The molecule has 1 aliphatic heterocycles. The number of sulfonamides is 1. The van der Waals surface area contributed by atoms with Crippen LogP contribution < -0.4 is 0 Å². The van der Waals surface area contributed by atoms with Crippen molar-refractivity contribution in [3.8, 4) is 6.07 Å². The Morgan fingerprint density at radius 1 is 1.04 bits per heavy atom. The minimum Gasteiger partial charge on any atom is -0.282 e. The van der Waals surface area contributed by atoms with Gasteiger partial charge in [0.15, 0.2) is 0 Å². The molecule has 3 rings (SSSR count). The monoisotopic (exact) mass is 387 g/mol. The van der Waals surface area contributed by atoms with Gasteiger partial charge in [0.2, 0.25) is 10.0 Å². The van der Waals surface area contributed by atoms with E-state index < -0.39 is 10.0 Å². The third-order valence-corrected chi connectivity index (χ3v) is 6.66. The van der Waals surface area contributed by atoms with Crippen LogP contribution in [-0.2, 0) is 15.8 Å². The summed E-state index contributed by atoms with van der Waals surface area (Å²) >= 11 is 0. The van der Waals surface area contributed by atoms with E-state index in [1.54, 1.807) is 0 Å². The maximum Gasteiger partial charge on any atom is 0.218 e. The van der Waals surface area contributed by atoms with Crippen molar-refractivity contribution in [2.45, 2.75) is 18.7 Å². The first-order valence-electron chi connectivity index (χ1n) is 8.81. The summed E-state index contributed by atoms with van der Waals surface area (Å²) in [4.78, 5) is 2.01. The number of benzene rings is 2. The lowest BCUT2D eigenvalue weighted by Crippen LogP contribution is -2.49. The van der Waals surface area contributed by atoms with Gasteiger partial charge in [0.05, 0.1) is 11.8 Å². The quantitative estimate of drug-likeness (QED) is 0.791. The van der Waals surface area contributed by atoms with Crippen LogP contribution in [-0.4, -0.2) is 43.8 Å². The molecule has 2 aromatic rings. The maximum atomic E-state index is 13.0. The average Bonchev–Trinajstić information content (AvgIpc) is 2.66. The van der Waals surface area contributed by atoms with Gasteiger partial charge in [-0.3, -0.25) is 4.90 Å². The number of aryl methyl sites for hydroxylation is 1. The van der Waals surface area contributed by atoms with E-state index in [0.29, 0.717) is 31.7 Å². The summed E-state index contributed by atoms with van der Waals surface area (Å²) in [6.45, 7) is 3.67. The van der Waals surface area contributed by atoms with Gasteiger partial charge in [-0.15, -0.1) is 0 Å². The van der Waals surface area contributed by atoms with Crippen molar-refractivity contribution in [1.29, 1.82) is 5.26 Å². The molecule has 1 unspecified atom stereocenters. The number of nitrogens with zero attached hydrogens (tertiary/aromatic N) is 3. The zero-order chi connectivity index (χ0) is 19.4. The highest BCUT2D eigenvalue weighted by Gasteiger charge is 2.30. The number of halogens is 1. The standard InChI is InChI=1S/C20H22FN3O2S/c1-16-2-6-18(7-3-16)20(14-22)23-10-12-24(13-11-23)27(25,26)15-17-4-8-19(21)9-5-17/h2-9,20H,10-13,15H2,1H3. The zero-order valence-electron chi connectivity index (χ0n) is 15.2. The first-order chi connectivity index (χ1) is 12.9. The molecule has 0 aliphatic carbocycles. The van der Waals surface area contributed by atoms with E-state index in [1.165, 1.54) is 28.6 Å². The predicted molar refractivity (Wildman–Crippen MR) is 102 cm³/mol. The second-order valence-corrected chi connectivity index (χ2v) is 8.73. The summed E-state index contributed by atoms with van der Waals surface area (Å²) in [5.41, 5.74) is 2.62. The highest BCUT2D eigenvalue weighted by molar-refractivity contribution is 7.88. The van der Waals surface area contributed by atoms with Gasteiger partial charge in [0.1, 0.15) is 11.9 Å². The van der Waals surface area contributed by atoms with E-state index in [1.807, 2.05) is 36.1 Å². The molecule has 1 saturated heterocycles. The van der Waals surface area contributed by atoms with Crippen molar-refractivity contribution >= 4 is 10.0 Å². The predicted octanol–water partition coefficient (Wildman–Crippen LogP) is 2.85. The summed E-state index contributed by atoms with van der Waals surface area (Å²) in [5, 5.41) is 9.59. The van der Waals surface area contributed by atoms with Crippen molar-refractivity contribution in [3.63, 3.8) is 0 Å². The van der Waals surface area contributed by atoms with Gasteiger partial charge in [-0.1, -0.05) is 42.0 Å². The van der Waals surface area contributed by atoms with E-state index in [9.17, 15) is 18.1 Å². The Bertz CT molecular complexity index is 913. The fourth-order valence-corrected chi connectivity index (χ4v) is 4.75. The molecule has 0 saturated carbocycles. The van der Waals surface area contributed by atoms with Crippen LogP contribution in [0.1, 0.15) is 22.7 Å². The van der Waals surface area contributed by atoms with Gasteiger partial charge in [0, 0.05) is 26.2 Å². The van der Waals surface area contributed by atoms with Crippen LogP contribution in [0, 0.1) is 24.1 Å². The van der Waals surface area contributed by atoms with E-state index in [4.69, 9.17) is 0 Å². The topological polar surface area (TPSA) is 64.4 Å². The lowest BCUT2D eigenvalue weighted by Gasteiger charge is -2.36. The van der Waals surface area contributed by atoms with Crippen molar-refractivity contribution in [2.75, 3.05) is 26.2 Å². The molecule has 27 heavy (non-hydrogen) atoms. The summed E-state index contributed by atoms with van der Waals surface area (Å²) in [6.07, 6.45) is 0. The zero-order valence-corrected chi connectivity index (χ0v) is 16.0. The van der Waals surface area contributed by atoms with Crippen LogP contribution in [0.3, 0.4) is 0 Å². The molecule has 7 heteroatoms. The first-order valence-corrected chi connectivity index (χ1v) is 10.4. The SMILES string of the molecule is Cc1ccc(C(C#N)N2CCN(S(=O)(=O)Cc3ccc(F)cc3)CC2)cc1. The van der Waals surface area contributed by atoms with E-state index in [-0.39, 0.29) is 17.6 Å². The van der Waals surface area contributed by atoms with Crippen LogP contribution in [0.5, 0.6) is 0 Å². The summed E-state index contributed by atoms with van der Waals surface area (Å²) in [6, 6.07) is 15.3. The number of piperazine rings is 1. The third kappa shape index (κ3) is 4.72. The van der Waals surface area contributed by atoms with Gasteiger partial charge in [-0.2, -0.15) is 9.57 Å². The van der Waals surface area contributed by atoms with Crippen LogP contribution in [0.2, 0.25) is 0 Å². The largest absolute Gasteiger partial charge is 0.282 e. The lowest BCUT2D eigenvalue weighted by molar-refractivity contribution is 0.162. The molecule has 0 radical (unpaired) electrons. The molecule has 2 aromatic carbocycles. The van der Waals surface area contributed by atoms with Crippen molar-refractivity contribution < 1.29 is 12.8 Å². The molecule has 1 fully saturated rings. The number of rotatable bonds is 5. The van der Waals surface area contributed by atoms with Crippen LogP contribution in [0.25, 0.3) is 0 Å². The van der Waals surface area contributed by atoms with Crippen LogP contribution in [0.15, 0.2) is 48.5 Å². The normalized spacial score (nSPS) is 17.4. The van der Waals surface area contributed by atoms with Gasteiger partial charge in [-0.25, -0.2) is 12.8 Å². The Hall–Kier alpha value is -2.27. The Kier molecular flexibility index (Phi) is 5.90. The molecule has 0 amide bonds. The molecule has 5 nitrogen and oxygen atoms in total. The molecule has 142 valence electrons. The number of hydrogen-bond donors (Lipinski definition) is 0. The van der Waals surface area contributed by atoms with Gasteiger partial charge in [-0.05, 0) is 30.2 Å². The Labute approximate surface area is 159 Å². The summed E-state index contributed by atoms with van der Waals surface area (Å²) in [5.74, 6) is -0.532. The van der Waals surface area contributed by atoms with Crippen molar-refractivity contribution in [2.24, 2.45) is 0 Å². The first kappa shape index (κ1) is 19.5.